The van der Waals surface area contributed by atoms with Crippen LogP contribution < -0.4 is 5.32 Å². The largest absolute Gasteiger partial charge is 0.336 e. The summed E-state index contributed by atoms with van der Waals surface area (Å²) in [5.74, 6) is -0.163. The molecule has 1 atom stereocenters. The molecule has 0 aromatic carbocycles. The summed E-state index contributed by atoms with van der Waals surface area (Å²) < 4.78 is 0. The van der Waals surface area contributed by atoms with Crippen LogP contribution in [0.5, 0.6) is 0 Å². The normalized spacial score (nSPS) is 11.8. The van der Waals surface area contributed by atoms with Crippen LogP contribution in [0.25, 0.3) is 0 Å². The number of nitriles is 1. The lowest BCUT2D eigenvalue weighted by Crippen LogP contribution is -2.30. The van der Waals surface area contributed by atoms with E-state index >= 15 is 0 Å². The zero-order valence-corrected chi connectivity index (χ0v) is 9.02. The molecule has 74 valence electrons. The quantitative estimate of drug-likeness (QED) is 0.825. The molecule has 0 saturated heterocycles. The third-order valence-electron chi connectivity index (χ3n) is 1.78. The molecule has 1 unspecified atom stereocenters. The van der Waals surface area contributed by atoms with Gasteiger partial charge >= 0.3 is 0 Å². The Morgan fingerprint density at radius 3 is 2.93 bits per heavy atom. The number of carbonyl (C=O) groups excluding carboxylic acids is 1. The minimum Gasteiger partial charge on any atom is -0.336 e. The van der Waals surface area contributed by atoms with Gasteiger partial charge in [0, 0.05) is 4.88 Å². The van der Waals surface area contributed by atoms with E-state index in [1.807, 2.05) is 19.1 Å². The van der Waals surface area contributed by atoms with Gasteiger partial charge in [0.05, 0.1) is 10.9 Å². The summed E-state index contributed by atoms with van der Waals surface area (Å²) in [6, 6.07) is 5.26. The molecule has 0 aliphatic carbocycles. The van der Waals surface area contributed by atoms with Gasteiger partial charge in [-0.3, -0.25) is 4.79 Å². The molecule has 1 aromatic heterocycles. The molecular formula is C10H12N2OS. The number of hydrogen-bond acceptors (Lipinski definition) is 3. The second-order valence-corrected chi connectivity index (χ2v) is 4.11. The maximum Gasteiger partial charge on any atom is 0.262 e. The van der Waals surface area contributed by atoms with E-state index in [1.165, 1.54) is 16.2 Å². The summed E-state index contributed by atoms with van der Waals surface area (Å²) in [6.07, 6.45) is 0.936. The zero-order chi connectivity index (χ0) is 10.6. The van der Waals surface area contributed by atoms with Crippen molar-refractivity contribution in [2.45, 2.75) is 26.3 Å². The van der Waals surface area contributed by atoms with E-state index in [4.69, 9.17) is 5.26 Å². The predicted molar refractivity (Wildman–Crippen MR) is 56.2 cm³/mol. The van der Waals surface area contributed by atoms with Crippen LogP contribution >= 0.6 is 11.3 Å². The van der Waals surface area contributed by atoms with Crippen LogP contribution in [-0.2, 0) is 6.42 Å². The molecule has 0 radical (unpaired) electrons. The summed E-state index contributed by atoms with van der Waals surface area (Å²) in [7, 11) is 0. The molecule has 0 spiro atoms. The first-order valence-electron chi connectivity index (χ1n) is 4.46. The van der Waals surface area contributed by atoms with Gasteiger partial charge < -0.3 is 5.32 Å². The first-order valence-corrected chi connectivity index (χ1v) is 5.28. The first-order chi connectivity index (χ1) is 6.67. The standard InChI is InChI=1S/C10H12N2OS/c1-3-8-4-5-9(14-8)10(13)12-7(2)6-11/h4-5,7H,3H2,1-2H3,(H,12,13). The van der Waals surface area contributed by atoms with Crippen LogP contribution in [0.4, 0.5) is 0 Å². The summed E-state index contributed by atoms with van der Waals surface area (Å²) in [5.41, 5.74) is 0. The number of aryl methyl sites for hydroxylation is 1. The van der Waals surface area contributed by atoms with Gasteiger partial charge in [0.15, 0.2) is 0 Å². The van der Waals surface area contributed by atoms with Crippen molar-refractivity contribution in [3.8, 4) is 6.07 Å². The van der Waals surface area contributed by atoms with Crippen LogP contribution in [0.15, 0.2) is 12.1 Å². The summed E-state index contributed by atoms with van der Waals surface area (Å²) in [5, 5.41) is 11.1. The molecule has 0 fully saturated rings. The number of hydrogen-bond donors (Lipinski definition) is 1. The molecule has 0 saturated carbocycles. The average molecular weight is 208 g/mol. The van der Waals surface area contributed by atoms with Gasteiger partial charge in [0.1, 0.15) is 6.04 Å². The van der Waals surface area contributed by atoms with Gasteiger partial charge in [0.25, 0.3) is 5.91 Å². The molecular weight excluding hydrogens is 196 g/mol. The lowest BCUT2D eigenvalue weighted by atomic mass is 10.3. The number of amides is 1. The predicted octanol–water partition coefficient (Wildman–Crippen LogP) is 1.95. The van der Waals surface area contributed by atoms with E-state index in [1.54, 1.807) is 13.0 Å². The Morgan fingerprint density at radius 1 is 1.71 bits per heavy atom. The Bertz CT molecular complexity index is 364. The van der Waals surface area contributed by atoms with Crippen LogP contribution in [0, 0.1) is 11.3 Å². The van der Waals surface area contributed by atoms with Gasteiger partial charge in [-0.25, -0.2) is 0 Å². The second-order valence-electron chi connectivity index (χ2n) is 2.94. The summed E-state index contributed by atoms with van der Waals surface area (Å²) in [6.45, 7) is 3.71. The third-order valence-corrected chi connectivity index (χ3v) is 3.00. The van der Waals surface area contributed by atoms with Crippen LogP contribution in [0.3, 0.4) is 0 Å². The fourth-order valence-electron chi connectivity index (χ4n) is 0.990. The maximum atomic E-state index is 11.5. The molecule has 1 rings (SSSR count). The van der Waals surface area contributed by atoms with Crippen molar-refractivity contribution in [3.63, 3.8) is 0 Å². The van der Waals surface area contributed by atoms with E-state index in [2.05, 4.69) is 5.32 Å². The molecule has 14 heavy (non-hydrogen) atoms. The Labute approximate surface area is 87.4 Å². The van der Waals surface area contributed by atoms with Crippen molar-refractivity contribution in [2.24, 2.45) is 0 Å². The third kappa shape index (κ3) is 2.57. The maximum absolute atomic E-state index is 11.5. The van der Waals surface area contributed by atoms with Crippen LogP contribution in [-0.4, -0.2) is 11.9 Å². The Balaban J connectivity index is 2.66. The average Bonchev–Trinajstić information content (AvgIpc) is 2.65. The molecule has 1 amide bonds. The highest BCUT2D eigenvalue weighted by Gasteiger charge is 2.10. The molecule has 1 aromatic rings. The van der Waals surface area contributed by atoms with Crippen LogP contribution in [0.2, 0.25) is 0 Å². The molecule has 0 aliphatic heterocycles. The van der Waals surface area contributed by atoms with Crippen molar-refractivity contribution in [1.82, 2.24) is 5.32 Å². The Kier molecular flexibility index (Phi) is 3.66. The number of thiophene rings is 1. The summed E-state index contributed by atoms with van der Waals surface area (Å²) in [4.78, 5) is 13.3. The molecule has 0 bridgehead atoms. The topological polar surface area (TPSA) is 52.9 Å². The van der Waals surface area contributed by atoms with Crippen molar-refractivity contribution >= 4 is 17.2 Å². The fraction of sp³-hybridized carbons (Fsp3) is 0.400. The molecule has 1 N–H and O–H groups in total. The highest BCUT2D eigenvalue weighted by molar-refractivity contribution is 7.14. The molecule has 1 heterocycles. The van der Waals surface area contributed by atoms with E-state index in [0.29, 0.717) is 4.88 Å². The van der Waals surface area contributed by atoms with Crippen LogP contribution in [0.1, 0.15) is 28.4 Å². The van der Waals surface area contributed by atoms with Crippen molar-refractivity contribution < 1.29 is 4.79 Å². The number of rotatable bonds is 3. The van der Waals surface area contributed by atoms with Gasteiger partial charge in [-0.15, -0.1) is 11.3 Å². The van der Waals surface area contributed by atoms with Crippen molar-refractivity contribution in [2.75, 3.05) is 0 Å². The Hall–Kier alpha value is -1.34. The summed E-state index contributed by atoms with van der Waals surface area (Å²) >= 11 is 1.47. The second kappa shape index (κ2) is 4.77. The smallest absolute Gasteiger partial charge is 0.262 e. The highest BCUT2D eigenvalue weighted by atomic mass is 32.1. The molecule has 4 heteroatoms. The minimum absolute atomic E-state index is 0.163. The molecule has 0 aliphatic rings. The van der Waals surface area contributed by atoms with E-state index in [-0.39, 0.29) is 5.91 Å². The van der Waals surface area contributed by atoms with E-state index in [0.717, 1.165) is 6.42 Å². The van der Waals surface area contributed by atoms with Gasteiger partial charge in [-0.1, -0.05) is 6.92 Å². The lowest BCUT2D eigenvalue weighted by Gasteiger charge is -2.03. The Morgan fingerprint density at radius 2 is 2.43 bits per heavy atom. The van der Waals surface area contributed by atoms with Crippen molar-refractivity contribution in [1.29, 1.82) is 5.26 Å². The van der Waals surface area contributed by atoms with E-state index in [9.17, 15) is 4.79 Å². The van der Waals surface area contributed by atoms with E-state index < -0.39 is 6.04 Å². The van der Waals surface area contributed by atoms with Gasteiger partial charge in [-0.05, 0) is 25.5 Å². The number of nitrogens with zero attached hydrogens (tertiary/aromatic N) is 1. The van der Waals surface area contributed by atoms with Gasteiger partial charge in [-0.2, -0.15) is 5.26 Å². The zero-order valence-electron chi connectivity index (χ0n) is 8.20. The van der Waals surface area contributed by atoms with Crippen molar-refractivity contribution in [3.05, 3.63) is 21.9 Å². The fourth-order valence-corrected chi connectivity index (χ4v) is 1.84. The number of carbonyl (C=O) groups is 1. The van der Waals surface area contributed by atoms with Gasteiger partial charge in [0.2, 0.25) is 0 Å². The SMILES string of the molecule is CCc1ccc(C(=O)NC(C)C#N)s1. The lowest BCUT2D eigenvalue weighted by molar-refractivity contribution is 0.0952. The minimum atomic E-state index is -0.435. The molecule has 3 nitrogen and oxygen atoms in total. The first kappa shape index (κ1) is 10.7. The highest BCUT2D eigenvalue weighted by Crippen LogP contribution is 2.16. The number of nitrogens with one attached hydrogen (secondary N) is 1. The monoisotopic (exact) mass is 208 g/mol.